The van der Waals surface area contributed by atoms with Crippen molar-refractivity contribution < 1.29 is 21.9 Å². The highest BCUT2D eigenvalue weighted by atomic mass is 16.6. The van der Waals surface area contributed by atoms with Crippen LogP contribution in [0, 0.1) is 5.92 Å². The Morgan fingerprint density at radius 2 is 1.92 bits per heavy atom. The number of hydrogen-bond donors (Lipinski definition) is 1. The number of carbonyl (C=O) groups excluding carboxylic acids is 3. The molecule has 3 aliphatic rings. The minimum atomic E-state index is -1.53. The molecule has 0 radical (unpaired) electrons. The van der Waals surface area contributed by atoms with Gasteiger partial charge in [0.15, 0.2) is 11.5 Å². The molecule has 0 aromatic carbocycles. The quantitative estimate of drug-likeness (QED) is 0.649. The summed E-state index contributed by atoms with van der Waals surface area (Å²) in [6, 6.07) is 3.42. The van der Waals surface area contributed by atoms with Crippen molar-refractivity contribution in [3.63, 3.8) is 0 Å². The summed E-state index contributed by atoms with van der Waals surface area (Å²) in [5.41, 5.74) is 1.01. The lowest BCUT2D eigenvalue weighted by molar-refractivity contribution is -0.120. The summed E-state index contributed by atoms with van der Waals surface area (Å²) in [5, 5.41) is 7.61. The van der Waals surface area contributed by atoms with Crippen LogP contribution in [0.1, 0.15) is 67.2 Å². The second-order valence-corrected chi connectivity index (χ2v) is 11.5. The van der Waals surface area contributed by atoms with Gasteiger partial charge >= 0.3 is 12.1 Å². The fourth-order valence-electron chi connectivity index (χ4n) is 5.46. The highest BCUT2D eigenvalue weighted by Gasteiger charge is 2.31. The van der Waals surface area contributed by atoms with Gasteiger partial charge < -0.3 is 14.5 Å². The molecule has 206 valence electrons. The number of piperidine rings is 2. The van der Waals surface area contributed by atoms with Gasteiger partial charge in [-0.3, -0.25) is 15.0 Å². The van der Waals surface area contributed by atoms with Gasteiger partial charge in [0.25, 0.3) is 0 Å². The lowest BCUT2D eigenvalue weighted by Gasteiger charge is -2.38. The number of fused-ring (bicyclic) bond motifs is 1. The number of pyridine rings is 1. The average Bonchev–Trinajstić information content (AvgIpc) is 3.23. The van der Waals surface area contributed by atoms with Crippen LogP contribution in [0.3, 0.4) is 0 Å². The van der Waals surface area contributed by atoms with E-state index >= 15 is 0 Å². The first-order valence-corrected chi connectivity index (χ1v) is 13.5. The third kappa shape index (κ3) is 5.77. The average molecular weight is 528 g/mol. The molecule has 0 spiro atoms. The van der Waals surface area contributed by atoms with E-state index in [1.165, 1.54) is 4.90 Å². The summed E-state index contributed by atoms with van der Waals surface area (Å²) in [4.78, 5) is 46.5. The summed E-state index contributed by atoms with van der Waals surface area (Å²) in [7, 11) is 1.79. The molecular formula is C27H39N7O4. The van der Waals surface area contributed by atoms with E-state index in [1.807, 2.05) is 37.8 Å². The van der Waals surface area contributed by atoms with Crippen molar-refractivity contribution in [2.75, 3.05) is 44.1 Å². The summed E-state index contributed by atoms with van der Waals surface area (Å²) in [5.74, 6) is 0.0872. The number of anilines is 1. The number of hydrogen-bond acceptors (Lipinski definition) is 7. The third-order valence-corrected chi connectivity index (χ3v) is 7.35. The van der Waals surface area contributed by atoms with E-state index in [0.717, 1.165) is 36.8 Å². The molecule has 2 aromatic heterocycles. The van der Waals surface area contributed by atoms with E-state index in [-0.39, 0.29) is 36.8 Å². The number of ether oxygens (including phenoxy) is 1. The molecule has 11 heteroatoms. The Hall–Kier alpha value is -3.21. The normalized spacial score (nSPS) is 23.3. The molecule has 3 saturated heterocycles. The van der Waals surface area contributed by atoms with Gasteiger partial charge in [-0.2, -0.15) is 5.10 Å². The van der Waals surface area contributed by atoms with Crippen LogP contribution < -0.4 is 10.2 Å². The summed E-state index contributed by atoms with van der Waals surface area (Å²) in [6.45, 7) is 6.40. The monoisotopic (exact) mass is 527 g/mol. The van der Waals surface area contributed by atoms with Crippen LogP contribution in [0.15, 0.2) is 12.1 Å². The maximum Gasteiger partial charge on any atom is 0.410 e. The Morgan fingerprint density at radius 1 is 1.16 bits per heavy atom. The number of aryl methyl sites for hydroxylation is 1. The molecule has 0 saturated carbocycles. The molecule has 3 aliphatic heterocycles. The number of rotatable bonds is 4. The van der Waals surface area contributed by atoms with Crippen molar-refractivity contribution in [1.29, 1.82) is 0 Å². The summed E-state index contributed by atoms with van der Waals surface area (Å²) < 4.78 is 25.2. The molecule has 2 aromatic rings. The Balaban J connectivity index is 1.24. The summed E-state index contributed by atoms with van der Waals surface area (Å²) >= 11 is 0. The van der Waals surface area contributed by atoms with Crippen LogP contribution in [-0.2, 0) is 16.6 Å². The molecule has 38 heavy (non-hydrogen) atoms. The summed E-state index contributed by atoms with van der Waals surface area (Å²) in [6.07, 6.45) is 2.87. The maximum absolute atomic E-state index is 12.6. The number of aromatic nitrogens is 3. The Labute approximate surface area is 226 Å². The third-order valence-electron chi connectivity index (χ3n) is 7.35. The van der Waals surface area contributed by atoms with Crippen LogP contribution in [0.2, 0.25) is 0 Å². The lowest BCUT2D eigenvalue weighted by atomic mass is 9.91. The predicted octanol–water partition coefficient (Wildman–Crippen LogP) is 3.24. The van der Waals surface area contributed by atoms with Crippen molar-refractivity contribution in [2.45, 2.75) is 64.4 Å². The van der Waals surface area contributed by atoms with Gasteiger partial charge in [0.05, 0.1) is 5.39 Å². The standard InChI is InChI=1S/C27H39N7O4/c1-27(2,3)38-26(37)33-12-5-6-18(17-33)16-32-13-9-19(10-14-32)21-8-7-20-23(28-21)31(4)30-24(20)34-15-11-22(35)29-25(34)36/h7-8,18-19H,5-6,9-17H2,1-4H3,(H,29,35,36)/i16D2. The highest BCUT2D eigenvalue weighted by Crippen LogP contribution is 2.32. The molecule has 3 fully saturated rings. The molecule has 0 bridgehead atoms. The molecular weight excluding hydrogens is 486 g/mol. The Morgan fingerprint density at radius 3 is 2.63 bits per heavy atom. The van der Waals surface area contributed by atoms with Crippen molar-refractivity contribution >= 4 is 34.9 Å². The lowest BCUT2D eigenvalue weighted by Crippen LogP contribution is -2.49. The number of likely N-dealkylation sites (tertiary alicyclic amines) is 2. The van der Waals surface area contributed by atoms with E-state index in [4.69, 9.17) is 12.5 Å². The molecule has 11 nitrogen and oxygen atoms in total. The maximum atomic E-state index is 12.6. The molecule has 1 unspecified atom stereocenters. The zero-order valence-electron chi connectivity index (χ0n) is 24.7. The Bertz CT molecular complexity index is 1300. The van der Waals surface area contributed by atoms with Gasteiger partial charge in [-0.1, -0.05) is 0 Å². The first kappa shape index (κ1) is 23.9. The molecule has 5 heterocycles. The van der Waals surface area contributed by atoms with Crippen LogP contribution in [0.25, 0.3) is 11.0 Å². The largest absolute Gasteiger partial charge is 0.444 e. The number of amides is 4. The number of imide groups is 1. The van der Waals surface area contributed by atoms with Crippen LogP contribution >= 0.6 is 0 Å². The number of nitrogens with zero attached hydrogens (tertiary/aromatic N) is 6. The van der Waals surface area contributed by atoms with E-state index in [2.05, 4.69) is 10.4 Å². The van der Waals surface area contributed by atoms with E-state index < -0.39 is 18.1 Å². The van der Waals surface area contributed by atoms with E-state index in [9.17, 15) is 14.4 Å². The second kappa shape index (κ2) is 10.5. The van der Waals surface area contributed by atoms with Gasteiger partial charge in [0.2, 0.25) is 5.91 Å². The highest BCUT2D eigenvalue weighted by molar-refractivity contribution is 6.08. The molecule has 4 amide bonds. The van der Waals surface area contributed by atoms with Gasteiger partial charge in [0, 0.05) is 54.0 Å². The molecule has 1 atom stereocenters. The van der Waals surface area contributed by atoms with Crippen molar-refractivity contribution in [3.8, 4) is 0 Å². The van der Waals surface area contributed by atoms with Crippen LogP contribution in [0.4, 0.5) is 15.4 Å². The van der Waals surface area contributed by atoms with Gasteiger partial charge in [-0.25, -0.2) is 19.3 Å². The number of carbonyl (C=O) groups is 3. The van der Waals surface area contributed by atoms with Gasteiger partial charge in [0.1, 0.15) is 5.60 Å². The van der Waals surface area contributed by atoms with E-state index in [0.29, 0.717) is 37.6 Å². The topological polar surface area (TPSA) is 113 Å². The second-order valence-electron chi connectivity index (χ2n) is 11.5. The molecule has 5 rings (SSSR count). The SMILES string of the molecule is [2H]C([2H])(C1CCCN(C(=O)OC(C)(C)C)C1)N1CCC(c2ccc3c(N4CCC(=O)NC4=O)nn(C)c3n2)CC1. The molecule has 1 N–H and O–H groups in total. The molecule has 0 aliphatic carbocycles. The predicted molar refractivity (Wildman–Crippen MR) is 143 cm³/mol. The van der Waals surface area contributed by atoms with Crippen molar-refractivity contribution in [3.05, 3.63) is 17.8 Å². The zero-order valence-corrected chi connectivity index (χ0v) is 22.7. The first-order chi connectivity index (χ1) is 18.8. The smallest absolute Gasteiger partial charge is 0.410 e. The Kier molecular flexibility index (Phi) is 6.60. The van der Waals surface area contributed by atoms with Gasteiger partial charge in [-0.05, 0) is 77.6 Å². The first-order valence-electron chi connectivity index (χ1n) is 14.5. The van der Waals surface area contributed by atoms with Crippen LogP contribution in [-0.4, -0.2) is 87.4 Å². The van der Waals surface area contributed by atoms with Crippen molar-refractivity contribution in [2.24, 2.45) is 13.0 Å². The number of nitrogens with one attached hydrogen (secondary N) is 1. The van der Waals surface area contributed by atoms with Crippen molar-refractivity contribution in [1.82, 2.24) is 29.9 Å². The van der Waals surface area contributed by atoms with Crippen LogP contribution in [0.5, 0.6) is 0 Å². The van der Waals surface area contributed by atoms with Gasteiger partial charge in [-0.15, -0.1) is 0 Å². The minimum absolute atomic E-state index is 0.176. The zero-order chi connectivity index (χ0) is 28.8. The number of urea groups is 1. The fourth-order valence-corrected chi connectivity index (χ4v) is 5.46. The van der Waals surface area contributed by atoms with E-state index in [1.54, 1.807) is 16.6 Å². The fraction of sp³-hybridized carbons (Fsp3) is 0.667. The minimum Gasteiger partial charge on any atom is -0.444 e.